The van der Waals surface area contributed by atoms with Crippen LogP contribution in [0.15, 0.2) is 52.9 Å². The van der Waals surface area contributed by atoms with Crippen molar-refractivity contribution >= 4 is 11.1 Å². The highest BCUT2D eigenvalue weighted by Crippen LogP contribution is 2.31. The molecule has 0 aliphatic rings. The Kier molecular flexibility index (Phi) is 2.64. The molecule has 3 rings (SSSR count). The molecule has 19 heavy (non-hydrogen) atoms. The summed E-state index contributed by atoms with van der Waals surface area (Å²) in [6, 6.07) is 15.7. The summed E-state index contributed by atoms with van der Waals surface area (Å²) in [6.45, 7) is 3.96. The van der Waals surface area contributed by atoms with Gasteiger partial charge in [-0.1, -0.05) is 30.3 Å². The first-order chi connectivity index (χ1) is 9.05. The third kappa shape index (κ3) is 2.13. The van der Waals surface area contributed by atoms with Gasteiger partial charge in [-0.15, -0.1) is 0 Å². The summed E-state index contributed by atoms with van der Waals surface area (Å²) in [6.07, 6.45) is 0. The summed E-state index contributed by atoms with van der Waals surface area (Å²) in [5.41, 5.74) is 9.42. The molecule has 1 aromatic heterocycles. The summed E-state index contributed by atoms with van der Waals surface area (Å²) in [4.78, 5) is 4.53. The van der Waals surface area contributed by atoms with Crippen LogP contribution in [0.3, 0.4) is 0 Å². The first kappa shape index (κ1) is 11.9. The Morgan fingerprint density at radius 1 is 1.00 bits per heavy atom. The molecule has 3 aromatic rings. The minimum Gasteiger partial charge on any atom is -0.436 e. The molecule has 0 aliphatic carbocycles. The van der Waals surface area contributed by atoms with Crippen LogP contribution in [0.2, 0.25) is 0 Å². The predicted octanol–water partition coefficient (Wildman–Crippen LogP) is 3.69. The van der Waals surface area contributed by atoms with E-state index in [1.165, 1.54) is 0 Å². The maximum atomic E-state index is 6.22. The van der Waals surface area contributed by atoms with Crippen molar-refractivity contribution in [2.45, 2.75) is 19.4 Å². The Morgan fingerprint density at radius 3 is 2.42 bits per heavy atom. The van der Waals surface area contributed by atoms with Crippen LogP contribution in [0, 0.1) is 0 Å². The van der Waals surface area contributed by atoms with E-state index < -0.39 is 5.54 Å². The number of nitrogens with two attached hydrogens (primary N) is 1. The lowest BCUT2D eigenvalue weighted by molar-refractivity contribution is 0.549. The number of aromatic nitrogens is 1. The van der Waals surface area contributed by atoms with E-state index in [4.69, 9.17) is 10.2 Å². The van der Waals surface area contributed by atoms with E-state index >= 15 is 0 Å². The Bertz CT molecular complexity index is 690. The van der Waals surface area contributed by atoms with Crippen molar-refractivity contribution in [3.8, 4) is 11.5 Å². The Morgan fingerprint density at radius 2 is 1.68 bits per heavy atom. The molecule has 0 unspecified atom stereocenters. The van der Waals surface area contributed by atoms with E-state index in [0.29, 0.717) is 5.89 Å². The molecule has 0 bridgehead atoms. The molecule has 0 saturated heterocycles. The number of hydrogen-bond acceptors (Lipinski definition) is 3. The van der Waals surface area contributed by atoms with Crippen LogP contribution in [0.5, 0.6) is 0 Å². The topological polar surface area (TPSA) is 52.0 Å². The van der Waals surface area contributed by atoms with Gasteiger partial charge in [-0.25, -0.2) is 4.98 Å². The summed E-state index contributed by atoms with van der Waals surface area (Å²) < 4.78 is 5.82. The summed E-state index contributed by atoms with van der Waals surface area (Å²) in [5, 5.41) is 0. The van der Waals surface area contributed by atoms with Gasteiger partial charge in [-0.2, -0.15) is 0 Å². The fourth-order valence-corrected chi connectivity index (χ4v) is 2.22. The summed E-state index contributed by atoms with van der Waals surface area (Å²) in [5.74, 6) is 0.621. The smallest absolute Gasteiger partial charge is 0.227 e. The molecule has 96 valence electrons. The SMILES string of the molecule is CC(C)(N)c1ccccc1-c1nc2ccccc2o1. The highest BCUT2D eigenvalue weighted by Gasteiger charge is 2.21. The second-order valence-electron chi connectivity index (χ2n) is 5.25. The van der Waals surface area contributed by atoms with Gasteiger partial charge in [0, 0.05) is 11.1 Å². The van der Waals surface area contributed by atoms with Gasteiger partial charge in [0.1, 0.15) is 5.52 Å². The zero-order valence-electron chi connectivity index (χ0n) is 11.1. The largest absolute Gasteiger partial charge is 0.436 e. The van der Waals surface area contributed by atoms with Gasteiger partial charge in [-0.05, 0) is 37.6 Å². The third-order valence-electron chi connectivity index (χ3n) is 3.15. The molecule has 2 aromatic carbocycles. The molecule has 0 aliphatic heterocycles. The van der Waals surface area contributed by atoms with Crippen molar-refractivity contribution in [2.75, 3.05) is 0 Å². The highest BCUT2D eigenvalue weighted by atomic mass is 16.3. The van der Waals surface area contributed by atoms with Crippen molar-refractivity contribution in [1.82, 2.24) is 4.98 Å². The summed E-state index contributed by atoms with van der Waals surface area (Å²) in [7, 11) is 0. The maximum absolute atomic E-state index is 6.22. The summed E-state index contributed by atoms with van der Waals surface area (Å²) >= 11 is 0. The van der Waals surface area contributed by atoms with Gasteiger partial charge < -0.3 is 10.2 Å². The van der Waals surface area contributed by atoms with Gasteiger partial charge in [0.25, 0.3) is 0 Å². The van der Waals surface area contributed by atoms with Crippen molar-refractivity contribution < 1.29 is 4.42 Å². The fourth-order valence-electron chi connectivity index (χ4n) is 2.22. The Balaban J connectivity index is 2.22. The second kappa shape index (κ2) is 4.21. The van der Waals surface area contributed by atoms with Crippen molar-refractivity contribution in [3.63, 3.8) is 0 Å². The molecule has 0 spiro atoms. The zero-order valence-corrected chi connectivity index (χ0v) is 11.1. The molecule has 0 radical (unpaired) electrons. The lowest BCUT2D eigenvalue weighted by atomic mass is 9.91. The lowest BCUT2D eigenvalue weighted by Gasteiger charge is -2.21. The number of rotatable bonds is 2. The highest BCUT2D eigenvalue weighted by molar-refractivity contribution is 5.76. The minimum atomic E-state index is -0.433. The van der Waals surface area contributed by atoms with Crippen LogP contribution in [-0.2, 0) is 5.54 Å². The van der Waals surface area contributed by atoms with Crippen LogP contribution in [0.4, 0.5) is 0 Å². The van der Waals surface area contributed by atoms with Crippen LogP contribution >= 0.6 is 0 Å². The van der Waals surface area contributed by atoms with Gasteiger partial charge in [0.2, 0.25) is 5.89 Å². The number of benzene rings is 2. The van der Waals surface area contributed by atoms with Crippen LogP contribution in [0.1, 0.15) is 19.4 Å². The van der Waals surface area contributed by atoms with Crippen molar-refractivity contribution in [1.29, 1.82) is 0 Å². The van der Waals surface area contributed by atoms with E-state index in [-0.39, 0.29) is 0 Å². The second-order valence-corrected chi connectivity index (χ2v) is 5.25. The number of hydrogen-bond donors (Lipinski definition) is 1. The normalized spacial score (nSPS) is 11.9. The zero-order chi connectivity index (χ0) is 13.5. The Labute approximate surface area is 112 Å². The van der Waals surface area contributed by atoms with E-state index in [1.54, 1.807) is 0 Å². The predicted molar refractivity (Wildman–Crippen MR) is 76.7 cm³/mol. The van der Waals surface area contributed by atoms with Gasteiger partial charge in [0.15, 0.2) is 5.58 Å². The molecule has 0 atom stereocenters. The van der Waals surface area contributed by atoms with E-state index in [1.807, 2.05) is 62.4 Å². The number of oxazole rings is 1. The lowest BCUT2D eigenvalue weighted by Crippen LogP contribution is -2.29. The van der Waals surface area contributed by atoms with E-state index in [2.05, 4.69) is 4.98 Å². The van der Waals surface area contributed by atoms with E-state index in [9.17, 15) is 0 Å². The molecular weight excluding hydrogens is 236 g/mol. The first-order valence-corrected chi connectivity index (χ1v) is 6.30. The molecule has 0 amide bonds. The van der Waals surface area contributed by atoms with Crippen molar-refractivity contribution in [3.05, 3.63) is 54.1 Å². The third-order valence-corrected chi connectivity index (χ3v) is 3.15. The molecule has 0 fully saturated rings. The minimum absolute atomic E-state index is 0.433. The number of nitrogens with zero attached hydrogens (tertiary/aromatic N) is 1. The van der Waals surface area contributed by atoms with Gasteiger partial charge in [0.05, 0.1) is 0 Å². The van der Waals surface area contributed by atoms with Crippen LogP contribution in [-0.4, -0.2) is 4.98 Å². The molecule has 0 saturated carbocycles. The van der Waals surface area contributed by atoms with Gasteiger partial charge >= 0.3 is 0 Å². The maximum Gasteiger partial charge on any atom is 0.227 e. The molecule has 2 N–H and O–H groups in total. The van der Waals surface area contributed by atoms with Gasteiger partial charge in [-0.3, -0.25) is 0 Å². The average molecular weight is 252 g/mol. The number of para-hydroxylation sites is 2. The molecular formula is C16H16N2O. The fraction of sp³-hybridized carbons (Fsp3) is 0.188. The average Bonchev–Trinajstić information content (AvgIpc) is 2.81. The van der Waals surface area contributed by atoms with Crippen LogP contribution in [0.25, 0.3) is 22.6 Å². The quantitative estimate of drug-likeness (QED) is 0.756. The van der Waals surface area contributed by atoms with E-state index in [0.717, 1.165) is 22.2 Å². The van der Waals surface area contributed by atoms with Crippen LogP contribution < -0.4 is 5.73 Å². The standard InChI is InChI=1S/C16H16N2O/c1-16(2,17)12-8-4-3-7-11(12)15-18-13-9-5-6-10-14(13)19-15/h3-10H,17H2,1-2H3. The monoisotopic (exact) mass is 252 g/mol. The Hall–Kier alpha value is -2.13. The first-order valence-electron chi connectivity index (χ1n) is 6.30. The molecule has 1 heterocycles. The van der Waals surface area contributed by atoms with Crippen molar-refractivity contribution in [2.24, 2.45) is 5.73 Å². The number of fused-ring (bicyclic) bond motifs is 1. The molecule has 3 heteroatoms. The molecule has 3 nitrogen and oxygen atoms in total.